The molecule has 1 saturated heterocycles. The molecule has 0 bridgehead atoms. The van der Waals surface area contributed by atoms with Gasteiger partial charge in [0.2, 0.25) is 15.9 Å². The molecule has 2 rings (SSSR count). The number of rotatable bonds is 8. The van der Waals surface area contributed by atoms with Gasteiger partial charge >= 0.3 is 0 Å². The van der Waals surface area contributed by atoms with Crippen LogP contribution in [0.15, 0.2) is 24.3 Å². The molecule has 0 unspecified atom stereocenters. The Morgan fingerprint density at radius 2 is 2.00 bits per heavy atom. The quantitative estimate of drug-likeness (QED) is 0.709. The van der Waals surface area contributed by atoms with Crippen LogP contribution in [-0.2, 0) is 14.8 Å². The molecule has 1 aromatic carbocycles. The molecule has 0 radical (unpaired) electrons. The van der Waals surface area contributed by atoms with Gasteiger partial charge in [0.25, 0.3) is 0 Å². The number of carbonyl (C=O) groups is 1. The predicted octanol–water partition coefficient (Wildman–Crippen LogP) is 2.07. The van der Waals surface area contributed by atoms with Crippen LogP contribution in [0.5, 0.6) is 0 Å². The first-order valence-corrected chi connectivity index (χ1v) is 9.74. The first-order chi connectivity index (χ1) is 11.0. The van der Waals surface area contributed by atoms with Crippen LogP contribution in [0.2, 0.25) is 0 Å². The van der Waals surface area contributed by atoms with Crippen LogP contribution in [0.25, 0.3) is 0 Å². The lowest BCUT2D eigenvalue weighted by atomic mass is 10.1. The van der Waals surface area contributed by atoms with Gasteiger partial charge in [0.05, 0.1) is 11.4 Å². The number of amides is 1. The van der Waals surface area contributed by atoms with Crippen LogP contribution >= 0.6 is 0 Å². The lowest BCUT2D eigenvalue weighted by Gasteiger charge is -2.17. The van der Waals surface area contributed by atoms with Gasteiger partial charge in [-0.05, 0) is 44.0 Å². The summed E-state index contributed by atoms with van der Waals surface area (Å²) in [7, 11) is -3.20. The molecule has 3 N–H and O–H groups in total. The van der Waals surface area contributed by atoms with E-state index >= 15 is 0 Å². The average Bonchev–Trinajstić information content (AvgIpc) is 2.87. The zero-order chi connectivity index (χ0) is 16.7. The minimum atomic E-state index is -3.20. The van der Waals surface area contributed by atoms with E-state index in [1.54, 1.807) is 24.3 Å². The highest BCUT2D eigenvalue weighted by molar-refractivity contribution is 7.93. The smallest absolute Gasteiger partial charge is 0.235 e. The van der Waals surface area contributed by atoms with Crippen LogP contribution in [0, 0.1) is 0 Å². The van der Waals surface area contributed by atoms with Crippen LogP contribution in [-0.4, -0.2) is 33.2 Å². The van der Waals surface area contributed by atoms with Crippen molar-refractivity contribution in [3.63, 3.8) is 0 Å². The van der Waals surface area contributed by atoms with E-state index in [0.717, 1.165) is 25.7 Å². The summed E-state index contributed by atoms with van der Waals surface area (Å²) in [4.78, 5) is 11.9. The molecule has 128 valence electrons. The van der Waals surface area contributed by atoms with E-state index < -0.39 is 10.0 Å². The van der Waals surface area contributed by atoms with Crippen LogP contribution in [0.1, 0.15) is 38.5 Å². The number of nitrogens with two attached hydrogens (primary N) is 1. The predicted molar refractivity (Wildman–Crippen MR) is 93.0 cm³/mol. The molecule has 1 aliphatic heterocycles. The first kappa shape index (κ1) is 17.7. The van der Waals surface area contributed by atoms with Crippen molar-refractivity contribution in [2.24, 2.45) is 5.73 Å². The second-order valence-corrected chi connectivity index (χ2v) is 7.81. The SMILES string of the molecule is NCCCCCCC(=O)Nc1cccc(N2CCCS2(=O)=O)c1. The minimum absolute atomic E-state index is 0.0424. The molecule has 1 aromatic rings. The summed E-state index contributed by atoms with van der Waals surface area (Å²) in [5.41, 5.74) is 6.68. The lowest BCUT2D eigenvalue weighted by molar-refractivity contribution is -0.116. The number of nitrogens with zero attached hydrogens (tertiary/aromatic N) is 1. The molecule has 1 aliphatic rings. The minimum Gasteiger partial charge on any atom is -0.330 e. The highest BCUT2D eigenvalue weighted by Crippen LogP contribution is 2.26. The Morgan fingerprint density at radius 3 is 2.70 bits per heavy atom. The van der Waals surface area contributed by atoms with E-state index in [1.807, 2.05) is 0 Å². The van der Waals surface area contributed by atoms with Crippen molar-refractivity contribution in [3.05, 3.63) is 24.3 Å². The van der Waals surface area contributed by atoms with Gasteiger partial charge < -0.3 is 11.1 Å². The third-order valence-corrected chi connectivity index (χ3v) is 5.74. The normalized spacial score (nSPS) is 16.5. The van der Waals surface area contributed by atoms with Crippen molar-refractivity contribution in [1.82, 2.24) is 0 Å². The highest BCUT2D eigenvalue weighted by atomic mass is 32.2. The number of hydrogen-bond acceptors (Lipinski definition) is 4. The van der Waals surface area contributed by atoms with E-state index in [2.05, 4.69) is 5.32 Å². The van der Waals surface area contributed by atoms with Gasteiger partial charge in [0.15, 0.2) is 0 Å². The van der Waals surface area contributed by atoms with Gasteiger partial charge in [-0.1, -0.05) is 18.9 Å². The van der Waals surface area contributed by atoms with Crippen molar-refractivity contribution in [3.8, 4) is 0 Å². The van der Waals surface area contributed by atoms with E-state index in [-0.39, 0.29) is 11.7 Å². The molecule has 1 fully saturated rings. The summed E-state index contributed by atoms with van der Waals surface area (Å²) in [5.74, 6) is 0.144. The average molecular weight is 339 g/mol. The Morgan fingerprint density at radius 1 is 1.22 bits per heavy atom. The molecular formula is C16H25N3O3S. The number of nitrogens with one attached hydrogen (secondary N) is 1. The summed E-state index contributed by atoms with van der Waals surface area (Å²) < 4.78 is 25.3. The van der Waals surface area contributed by atoms with E-state index in [0.29, 0.717) is 37.3 Å². The number of unbranched alkanes of at least 4 members (excludes halogenated alkanes) is 3. The maximum Gasteiger partial charge on any atom is 0.235 e. The molecule has 0 aromatic heterocycles. The Labute approximate surface area is 138 Å². The third-order valence-electron chi connectivity index (χ3n) is 3.88. The Bertz CT molecular complexity index is 631. The zero-order valence-electron chi connectivity index (χ0n) is 13.3. The van der Waals surface area contributed by atoms with Gasteiger partial charge in [-0.25, -0.2) is 8.42 Å². The topological polar surface area (TPSA) is 92.5 Å². The van der Waals surface area contributed by atoms with Gasteiger partial charge in [-0.2, -0.15) is 0 Å². The molecule has 6 nitrogen and oxygen atoms in total. The van der Waals surface area contributed by atoms with Gasteiger partial charge in [-0.15, -0.1) is 0 Å². The number of hydrogen-bond donors (Lipinski definition) is 2. The lowest BCUT2D eigenvalue weighted by Crippen LogP contribution is -2.25. The Hall–Kier alpha value is -1.60. The zero-order valence-corrected chi connectivity index (χ0v) is 14.1. The number of anilines is 2. The van der Waals surface area contributed by atoms with Gasteiger partial charge in [-0.3, -0.25) is 9.10 Å². The maximum absolute atomic E-state index is 12.0. The largest absolute Gasteiger partial charge is 0.330 e. The fourth-order valence-electron chi connectivity index (χ4n) is 2.68. The maximum atomic E-state index is 12.0. The molecule has 0 spiro atoms. The van der Waals surface area contributed by atoms with Gasteiger partial charge in [0, 0.05) is 18.7 Å². The Balaban J connectivity index is 1.89. The summed E-state index contributed by atoms with van der Waals surface area (Å²) in [6.45, 7) is 1.19. The second-order valence-electron chi connectivity index (χ2n) is 5.79. The fourth-order valence-corrected chi connectivity index (χ4v) is 4.23. The summed E-state index contributed by atoms with van der Waals surface area (Å²) in [6, 6.07) is 7.01. The molecular weight excluding hydrogens is 314 g/mol. The molecule has 23 heavy (non-hydrogen) atoms. The fraction of sp³-hybridized carbons (Fsp3) is 0.562. The van der Waals surface area contributed by atoms with Crippen LogP contribution in [0.4, 0.5) is 11.4 Å². The summed E-state index contributed by atoms with van der Waals surface area (Å²) >= 11 is 0. The number of sulfonamides is 1. The highest BCUT2D eigenvalue weighted by Gasteiger charge is 2.28. The molecule has 0 saturated carbocycles. The second kappa shape index (κ2) is 8.31. The van der Waals surface area contributed by atoms with E-state index in [4.69, 9.17) is 5.73 Å². The molecule has 0 aliphatic carbocycles. The van der Waals surface area contributed by atoms with Crippen molar-refractivity contribution in [2.45, 2.75) is 38.5 Å². The molecule has 1 heterocycles. The summed E-state index contributed by atoms with van der Waals surface area (Å²) in [6.07, 6.45) is 4.99. The summed E-state index contributed by atoms with van der Waals surface area (Å²) in [5, 5.41) is 2.84. The van der Waals surface area contributed by atoms with Crippen molar-refractivity contribution in [2.75, 3.05) is 28.5 Å². The number of benzene rings is 1. The van der Waals surface area contributed by atoms with Crippen LogP contribution < -0.4 is 15.4 Å². The molecule has 1 amide bonds. The van der Waals surface area contributed by atoms with Crippen molar-refractivity contribution < 1.29 is 13.2 Å². The Kier molecular flexibility index (Phi) is 6.41. The molecule has 7 heteroatoms. The third kappa shape index (κ3) is 5.21. The van der Waals surface area contributed by atoms with Crippen molar-refractivity contribution in [1.29, 1.82) is 0 Å². The number of carbonyl (C=O) groups excluding carboxylic acids is 1. The van der Waals surface area contributed by atoms with E-state index in [9.17, 15) is 13.2 Å². The first-order valence-electron chi connectivity index (χ1n) is 8.13. The monoisotopic (exact) mass is 339 g/mol. The van der Waals surface area contributed by atoms with E-state index in [1.165, 1.54) is 4.31 Å². The van der Waals surface area contributed by atoms with Crippen LogP contribution in [0.3, 0.4) is 0 Å². The molecule has 0 atom stereocenters. The standard InChI is InChI=1S/C16H25N3O3S/c17-10-4-2-1-3-9-16(20)18-14-7-5-8-15(13-14)19-11-6-12-23(19,21)22/h5,7-8,13H,1-4,6,9-12,17H2,(H,18,20). The van der Waals surface area contributed by atoms with Crippen molar-refractivity contribution >= 4 is 27.3 Å². The van der Waals surface area contributed by atoms with Gasteiger partial charge in [0.1, 0.15) is 0 Å².